The van der Waals surface area contributed by atoms with Crippen LogP contribution in [0.1, 0.15) is 24.2 Å². The summed E-state index contributed by atoms with van der Waals surface area (Å²) in [7, 11) is 1.63. The van der Waals surface area contributed by atoms with Gasteiger partial charge in [-0.15, -0.1) is 11.8 Å². The molecule has 1 N–H and O–H groups in total. The first-order valence-electron chi connectivity index (χ1n) is 6.24. The first-order valence-corrected chi connectivity index (χ1v) is 7.22. The highest BCUT2D eigenvalue weighted by molar-refractivity contribution is 7.98. The number of ether oxygens (including phenoxy) is 1. The Balaban J connectivity index is 2.20. The van der Waals surface area contributed by atoms with E-state index in [1.807, 2.05) is 36.4 Å². The average Bonchev–Trinajstić information content (AvgIpc) is 2.45. The summed E-state index contributed by atoms with van der Waals surface area (Å²) in [6.07, 6.45) is -0.533. The van der Waals surface area contributed by atoms with E-state index in [9.17, 15) is 5.11 Å². The molecule has 3 heteroatoms. The van der Waals surface area contributed by atoms with E-state index >= 15 is 0 Å². The van der Waals surface area contributed by atoms with Crippen molar-refractivity contribution in [3.05, 3.63) is 59.7 Å². The lowest BCUT2D eigenvalue weighted by atomic mass is 10.1. The van der Waals surface area contributed by atoms with Crippen molar-refractivity contribution in [1.82, 2.24) is 0 Å². The Bertz CT molecular complexity index is 524. The van der Waals surface area contributed by atoms with Gasteiger partial charge in [-0.1, -0.05) is 36.4 Å². The Kier molecular flexibility index (Phi) is 4.88. The summed E-state index contributed by atoms with van der Waals surface area (Å²) in [6, 6.07) is 16.2. The predicted octanol–water partition coefficient (Wildman–Crippen LogP) is 4.04. The van der Waals surface area contributed by atoms with Gasteiger partial charge < -0.3 is 9.84 Å². The molecule has 19 heavy (non-hydrogen) atoms. The summed E-state index contributed by atoms with van der Waals surface area (Å²) >= 11 is 1.72. The first kappa shape index (κ1) is 14.0. The van der Waals surface area contributed by atoms with E-state index < -0.39 is 6.10 Å². The molecule has 0 aliphatic rings. The molecule has 0 saturated carbocycles. The predicted molar refractivity (Wildman–Crippen MR) is 79.6 cm³/mol. The van der Waals surface area contributed by atoms with Gasteiger partial charge in [-0.25, -0.2) is 0 Å². The Hall–Kier alpha value is -1.45. The first-order chi connectivity index (χ1) is 9.22. The summed E-state index contributed by atoms with van der Waals surface area (Å²) in [5, 5.41) is 9.92. The van der Waals surface area contributed by atoms with Gasteiger partial charge >= 0.3 is 0 Å². The molecular formula is C16H18O2S. The van der Waals surface area contributed by atoms with Gasteiger partial charge in [-0.2, -0.15) is 0 Å². The Morgan fingerprint density at radius 3 is 2.47 bits per heavy atom. The molecule has 2 nitrogen and oxygen atoms in total. The zero-order chi connectivity index (χ0) is 13.7. The van der Waals surface area contributed by atoms with Gasteiger partial charge in [0.05, 0.1) is 13.2 Å². The van der Waals surface area contributed by atoms with Gasteiger partial charge in [0, 0.05) is 16.2 Å². The summed E-state index contributed by atoms with van der Waals surface area (Å²) in [4.78, 5) is 1.07. The van der Waals surface area contributed by atoms with Crippen LogP contribution in [0.3, 0.4) is 0 Å². The van der Waals surface area contributed by atoms with Crippen LogP contribution >= 0.6 is 11.8 Å². The van der Waals surface area contributed by atoms with Crippen LogP contribution in [-0.2, 0) is 5.75 Å². The topological polar surface area (TPSA) is 29.5 Å². The van der Waals surface area contributed by atoms with Crippen LogP contribution < -0.4 is 4.74 Å². The molecule has 1 atom stereocenters. The van der Waals surface area contributed by atoms with Crippen molar-refractivity contribution in [1.29, 1.82) is 0 Å². The fourth-order valence-corrected chi connectivity index (χ4v) is 3.09. The van der Waals surface area contributed by atoms with E-state index in [1.165, 1.54) is 5.56 Å². The van der Waals surface area contributed by atoms with E-state index in [4.69, 9.17) is 4.74 Å². The van der Waals surface area contributed by atoms with Gasteiger partial charge in [0.25, 0.3) is 0 Å². The molecule has 1 unspecified atom stereocenters. The number of rotatable bonds is 5. The fraction of sp³-hybridized carbons (Fsp3) is 0.250. The molecule has 100 valence electrons. The summed E-state index contributed by atoms with van der Waals surface area (Å²) in [6.45, 7) is 1.77. The fourth-order valence-electron chi connectivity index (χ4n) is 1.97. The number of hydrogen-bond acceptors (Lipinski definition) is 3. The van der Waals surface area contributed by atoms with E-state index in [1.54, 1.807) is 25.8 Å². The second-order valence-electron chi connectivity index (χ2n) is 4.32. The van der Waals surface area contributed by atoms with E-state index in [2.05, 4.69) is 12.1 Å². The molecule has 0 saturated heterocycles. The third kappa shape index (κ3) is 3.52. The third-order valence-electron chi connectivity index (χ3n) is 2.90. The molecule has 2 aromatic rings. The maximum atomic E-state index is 9.92. The highest BCUT2D eigenvalue weighted by atomic mass is 32.2. The number of methoxy groups -OCH3 is 1. The molecule has 0 heterocycles. The monoisotopic (exact) mass is 274 g/mol. The molecular weight excluding hydrogens is 256 g/mol. The average molecular weight is 274 g/mol. The van der Waals surface area contributed by atoms with Crippen molar-refractivity contribution in [2.75, 3.05) is 7.11 Å². The Morgan fingerprint density at radius 2 is 1.84 bits per heavy atom. The number of benzene rings is 2. The Labute approximate surface area is 118 Å². The van der Waals surface area contributed by atoms with Gasteiger partial charge in [-0.3, -0.25) is 0 Å². The number of thioether (sulfide) groups is 1. The van der Waals surface area contributed by atoms with Crippen LogP contribution in [0.25, 0.3) is 0 Å². The highest BCUT2D eigenvalue weighted by Crippen LogP contribution is 2.36. The number of hydrogen-bond donors (Lipinski definition) is 1. The number of aliphatic hydroxyl groups excluding tert-OH is 1. The van der Waals surface area contributed by atoms with Crippen LogP contribution in [0.15, 0.2) is 53.4 Å². The minimum atomic E-state index is -0.533. The minimum absolute atomic E-state index is 0.533. The normalized spacial score (nSPS) is 12.2. The lowest BCUT2D eigenvalue weighted by Crippen LogP contribution is -1.99. The SMILES string of the molecule is COc1cccc(SCc2ccccc2)c1C(C)O. The quantitative estimate of drug-likeness (QED) is 0.834. The second kappa shape index (κ2) is 6.64. The van der Waals surface area contributed by atoms with Gasteiger partial charge in [0.2, 0.25) is 0 Å². The largest absolute Gasteiger partial charge is 0.496 e. The van der Waals surface area contributed by atoms with Crippen molar-refractivity contribution in [2.24, 2.45) is 0 Å². The van der Waals surface area contributed by atoms with Crippen LogP contribution in [0.2, 0.25) is 0 Å². The van der Waals surface area contributed by atoms with E-state index in [0.29, 0.717) is 0 Å². The van der Waals surface area contributed by atoms with Gasteiger partial charge in [0.1, 0.15) is 5.75 Å². The lowest BCUT2D eigenvalue weighted by Gasteiger charge is -2.15. The molecule has 0 aliphatic heterocycles. The highest BCUT2D eigenvalue weighted by Gasteiger charge is 2.14. The van der Waals surface area contributed by atoms with Gasteiger partial charge in [0.15, 0.2) is 0 Å². The van der Waals surface area contributed by atoms with Crippen molar-refractivity contribution < 1.29 is 9.84 Å². The van der Waals surface area contributed by atoms with E-state index in [-0.39, 0.29) is 0 Å². The molecule has 0 radical (unpaired) electrons. The van der Waals surface area contributed by atoms with Crippen molar-refractivity contribution in [3.63, 3.8) is 0 Å². The summed E-state index contributed by atoms with van der Waals surface area (Å²) < 4.78 is 5.33. The zero-order valence-corrected chi connectivity index (χ0v) is 12.0. The molecule has 2 aromatic carbocycles. The molecule has 0 fully saturated rings. The minimum Gasteiger partial charge on any atom is -0.496 e. The van der Waals surface area contributed by atoms with Crippen molar-refractivity contribution >= 4 is 11.8 Å². The van der Waals surface area contributed by atoms with Crippen molar-refractivity contribution in [3.8, 4) is 5.75 Å². The summed E-state index contributed by atoms with van der Waals surface area (Å²) in [5.74, 6) is 1.63. The third-order valence-corrected chi connectivity index (χ3v) is 4.05. The molecule has 0 aliphatic carbocycles. The van der Waals surface area contributed by atoms with Crippen molar-refractivity contribution in [2.45, 2.75) is 23.7 Å². The second-order valence-corrected chi connectivity index (χ2v) is 5.34. The molecule has 0 bridgehead atoms. The molecule has 0 spiro atoms. The van der Waals surface area contributed by atoms with Crippen LogP contribution in [0.5, 0.6) is 5.75 Å². The molecule has 0 aromatic heterocycles. The van der Waals surface area contributed by atoms with E-state index in [0.717, 1.165) is 22.0 Å². The van der Waals surface area contributed by atoms with Crippen LogP contribution in [-0.4, -0.2) is 12.2 Å². The van der Waals surface area contributed by atoms with Crippen LogP contribution in [0.4, 0.5) is 0 Å². The Morgan fingerprint density at radius 1 is 1.11 bits per heavy atom. The number of aliphatic hydroxyl groups is 1. The maximum Gasteiger partial charge on any atom is 0.125 e. The van der Waals surface area contributed by atoms with Gasteiger partial charge in [-0.05, 0) is 24.6 Å². The summed E-state index contributed by atoms with van der Waals surface area (Å²) in [5.41, 5.74) is 2.14. The zero-order valence-electron chi connectivity index (χ0n) is 11.2. The smallest absolute Gasteiger partial charge is 0.125 e. The molecule has 0 amide bonds. The lowest BCUT2D eigenvalue weighted by molar-refractivity contribution is 0.191. The van der Waals surface area contributed by atoms with Crippen LogP contribution in [0, 0.1) is 0 Å². The molecule has 2 rings (SSSR count). The maximum absolute atomic E-state index is 9.92. The standard InChI is InChI=1S/C16H18O2S/c1-12(17)16-14(18-2)9-6-10-15(16)19-11-13-7-4-3-5-8-13/h3-10,12,17H,11H2,1-2H3.